The minimum absolute atomic E-state index is 0.0165. The first kappa shape index (κ1) is 19.3. The number of hydrogen-bond donors (Lipinski definition) is 1. The number of ether oxygens (including phenoxy) is 1. The standard InChI is InChI=1S/C23H27N3O3/c1-2-29-21-8-4-3-7-20(21)24-23(28)17-15-22(27)26(16-17)19-11-9-18(10-12-19)25-13-5-6-14-25/h3-4,7-12,17H,2,5-6,13-16H2,1H3,(H,24,28). The van der Waals surface area contributed by atoms with E-state index in [1.54, 1.807) is 4.90 Å². The molecule has 152 valence electrons. The van der Waals surface area contributed by atoms with Crippen LogP contribution in [0.3, 0.4) is 0 Å². The van der Waals surface area contributed by atoms with E-state index in [1.807, 2.05) is 43.3 Å². The third-order valence-electron chi connectivity index (χ3n) is 5.57. The Morgan fingerprint density at radius 3 is 2.48 bits per heavy atom. The van der Waals surface area contributed by atoms with Crippen LogP contribution in [0.5, 0.6) is 5.75 Å². The molecule has 2 amide bonds. The third kappa shape index (κ3) is 4.21. The van der Waals surface area contributed by atoms with Crippen LogP contribution in [0.15, 0.2) is 48.5 Å². The number of hydrogen-bond acceptors (Lipinski definition) is 4. The maximum absolute atomic E-state index is 12.8. The Kier molecular flexibility index (Phi) is 5.69. The van der Waals surface area contributed by atoms with Gasteiger partial charge in [0.25, 0.3) is 0 Å². The van der Waals surface area contributed by atoms with Crippen molar-refractivity contribution < 1.29 is 14.3 Å². The van der Waals surface area contributed by atoms with Gasteiger partial charge in [0.15, 0.2) is 0 Å². The van der Waals surface area contributed by atoms with E-state index in [1.165, 1.54) is 18.5 Å². The number of nitrogens with zero attached hydrogens (tertiary/aromatic N) is 2. The first-order chi connectivity index (χ1) is 14.2. The molecule has 2 aliphatic heterocycles. The smallest absolute Gasteiger partial charge is 0.229 e. The molecule has 4 rings (SSSR count). The predicted octanol–water partition coefficient (Wildman–Crippen LogP) is 3.68. The van der Waals surface area contributed by atoms with E-state index in [-0.39, 0.29) is 24.2 Å². The van der Waals surface area contributed by atoms with Crippen molar-refractivity contribution in [3.05, 3.63) is 48.5 Å². The van der Waals surface area contributed by atoms with E-state index in [4.69, 9.17) is 4.74 Å². The Balaban J connectivity index is 1.41. The van der Waals surface area contributed by atoms with E-state index in [0.29, 0.717) is 24.6 Å². The minimum Gasteiger partial charge on any atom is -0.492 e. The van der Waals surface area contributed by atoms with E-state index >= 15 is 0 Å². The molecule has 2 aliphatic rings. The lowest BCUT2D eigenvalue weighted by Gasteiger charge is -2.21. The highest BCUT2D eigenvalue weighted by atomic mass is 16.5. The fourth-order valence-corrected chi connectivity index (χ4v) is 4.04. The summed E-state index contributed by atoms with van der Waals surface area (Å²) in [6.45, 7) is 5.00. The number of carbonyl (C=O) groups is 2. The molecule has 1 N–H and O–H groups in total. The Morgan fingerprint density at radius 1 is 1.07 bits per heavy atom. The van der Waals surface area contributed by atoms with Crippen LogP contribution in [0.1, 0.15) is 26.2 Å². The number of anilines is 3. The van der Waals surface area contributed by atoms with Gasteiger partial charge in [-0.15, -0.1) is 0 Å². The van der Waals surface area contributed by atoms with Crippen molar-refractivity contribution in [1.82, 2.24) is 0 Å². The van der Waals surface area contributed by atoms with Crippen molar-refractivity contribution in [2.45, 2.75) is 26.2 Å². The molecule has 0 radical (unpaired) electrons. The van der Waals surface area contributed by atoms with Crippen LogP contribution in [0.25, 0.3) is 0 Å². The van der Waals surface area contributed by atoms with Gasteiger partial charge in [0.05, 0.1) is 18.2 Å². The SMILES string of the molecule is CCOc1ccccc1NC(=O)C1CC(=O)N(c2ccc(N3CCCC3)cc2)C1. The van der Waals surface area contributed by atoms with Crippen LogP contribution >= 0.6 is 0 Å². The van der Waals surface area contributed by atoms with Gasteiger partial charge in [-0.1, -0.05) is 12.1 Å². The Morgan fingerprint density at radius 2 is 1.76 bits per heavy atom. The summed E-state index contributed by atoms with van der Waals surface area (Å²) in [6, 6.07) is 15.5. The van der Waals surface area contributed by atoms with Gasteiger partial charge in [0.2, 0.25) is 11.8 Å². The number of amides is 2. The molecule has 29 heavy (non-hydrogen) atoms. The fraction of sp³-hybridized carbons (Fsp3) is 0.391. The topological polar surface area (TPSA) is 61.9 Å². The minimum atomic E-state index is -0.379. The summed E-state index contributed by atoms with van der Waals surface area (Å²) in [6.07, 6.45) is 2.68. The zero-order chi connectivity index (χ0) is 20.2. The normalized spacial score (nSPS) is 18.9. The van der Waals surface area contributed by atoms with Crippen molar-refractivity contribution in [2.75, 3.05) is 41.4 Å². The second kappa shape index (κ2) is 8.55. The maximum atomic E-state index is 12.8. The molecule has 2 fully saturated rings. The van der Waals surface area contributed by atoms with Crippen LogP contribution in [-0.4, -0.2) is 38.1 Å². The van der Waals surface area contributed by atoms with Crippen LogP contribution < -0.4 is 19.9 Å². The monoisotopic (exact) mass is 393 g/mol. The molecule has 0 spiro atoms. The van der Waals surface area contributed by atoms with Crippen molar-refractivity contribution in [1.29, 1.82) is 0 Å². The number of benzene rings is 2. The zero-order valence-electron chi connectivity index (χ0n) is 16.8. The van der Waals surface area contributed by atoms with Gasteiger partial charge in [-0.05, 0) is 56.2 Å². The molecule has 2 aromatic carbocycles. The quantitative estimate of drug-likeness (QED) is 0.813. The lowest BCUT2D eigenvalue weighted by atomic mass is 10.1. The highest BCUT2D eigenvalue weighted by Gasteiger charge is 2.35. The predicted molar refractivity (Wildman–Crippen MR) is 115 cm³/mol. The lowest BCUT2D eigenvalue weighted by molar-refractivity contribution is -0.122. The molecule has 2 aromatic rings. The molecule has 0 aliphatic carbocycles. The Bertz CT molecular complexity index is 875. The molecule has 0 bridgehead atoms. The number of rotatable bonds is 6. The van der Waals surface area contributed by atoms with Gasteiger partial charge >= 0.3 is 0 Å². The van der Waals surface area contributed by atoms with Gasteiger partial charge in [-0.3, -0.25) is 9.59 Å². The summed E-state index contributed by atoms with van der Waals surface area (Å²) in [5.74, 6) is 0.0938. The summed E-state index contributed by atoms with van der Waals surface area (Å²) in [7, 11) is 0. The van der Waals surface area contributed by atoms with Crippen LogP contribution in [0.2, 0.25) is 0 Å². The summed E-state index contributed by atoms with van der Waals surface area (Å²) in [4.78, 5) is 29.4. The summed E-state index contributed by atoms with van der Waals surface area (Å²) in [5, 5.41) is 2.93. The van der Waals surface area contributed by atoms with Crippen molar-refractivity contribution >= 4 is 28.9 Å². The molecule has 0 saturated carbocycles. The van der Waals surface area contributed by atoms with Gasteiger partial charge in [0.1, 0.15) is 5.75 Å². The fourth-order valence-electron chi connectivity index (χ4n) is 4.04. The summed E-state index contributed by atoms with van der Waals surface area (Å²) < 4.78 is 5.57. The van der Waals surface area contributed by atoms with Crippen LogP contribution in [0.4, 0.5) is 17.1 Å². The summed E-state index contributed by atoms with van der Waals surface area (Å²) >= 11 is 0. The first-order valence-corrected chi connectivity index (χ1v) is 10.3. The molecular weight excluding hydrogens is 366 g/mol. The van der Waals surface area contributed by atoms with Gasteiger partial charge < -0.3 is 19.9 Å². The molecule has 6 nitrogen and oxygen atoms in total. The van der Waals surface area contributed by atoms with Gasteiger partial charge in [-0.25, -0.2) is 0 Å². The lowest BCUT2D eigenvalue weighted by Crippen LogP contribution is -2.28. The molecule has 1 atom stereocenters. The molecular formula is C23H27N3O3. The maximum Gasteiger partial charge on any atom is 0.229 e. The number of para-hydroxylation sites is 2. The van der Waals surface area contributed by atoms with Crippen molar-refractivity contribution in [2.24, 2.45) is 5.92 Å². The molecule has 0 aromatic heterocycles. The van der Waals surface area contributed by atoms with Crippen molar-refractivity contribution in [3.8, 4) is 5.75 Å². The molecule has 2 heterocycles. The second-order valence-corrected chi connectivity index (χ2v) is 7.53. The summed E-state index contributed by atoms with van der Waals surface area (Å²) in [5.41, 5.74) is 2.68. The average molecular weight is 393 g/mol. The Hall–Kier alpha value is -3.02. The Labute approximate surface area is 171 Å². The molecule has 6 heteroatoms. The number of nitrogens with one attached hydrogen (secondary N) is 1. The largest absolute Gasteiger partial charge is 0.492 e. The van der Waals surface area contributed by atoms with E-state index in [0.717, 1.165) is 18.8 Å². The van der Waals surface area contributed by atoms with E-state index < -0.39 is 0 Å². The highest BCUT2D eigenvalue weighted by Crippen LogP contribution is 2.30. The molecule has 1 unspecified atom stereocenters. The van der Waals surface area contributed by atoms with E-state index in [2.05, 4.69) is 22.3 Å². The van der Waals surface area contributed by atoms with Gasteiger partial charge in [0, 0.05) is 37.4 Å². The van der Waals surface area contributed by atoms with Crippen LogP contribution in [0, 0.1) is 5.92 Å². The van der Waals surface area contributed by atoms with E-state index in [9.17, 15) is 9.59 Å². The number of carbonyl (C=O) groups excluding carboxylic acids is 2. The van der Waals surface area contributed by atoms with Gasteiger partial charge in [-0.2, -0.15) is 0 Å². The van der Waals surface area contributed by atoms with Crippen molar-refractivity contribution in [3.63, 3.8) is 0 Å². The molecule has 2 saturated heterocycles. The van der Waals surface area contributed by atoms with Crippen LogP contribution in [-0.2, 0) is 9.59 Å². The second-order valence-electron chi connectivity index (χ2n) is 7.53. The third-order valence-corrected chi connectivity index (χ3v) is 5.57. The average Bonchev–Trinajstić information content (AvgIpc) is 3.40. The highest BCUT2D eigenvalue weighted by molar-refractivity contribution is 6.04. The first-order valence-electron chi connectivity index (χ1n) is 10.3. The zero-order valence-corrected chi connectivity index (χ0v) is 16.8.